The second-order valence-electron chi connectivity index (χ2n) is 3.86. The number of rotatable bonds is 3. The number of hydrogen-bond donors (Lipinski definition) is 1. The molecule has 1 amide bonds. The van der Waals surface area contributed by atoms with E-state index in [0.29, 0.717) is 25.3 Å². The van der Waals surface area contributed by atoms with E-state index in [2.05, 4.69) is 4.98 Å². The van der Waals surface area contributed by atoms with E-state index in [1.54, 1.807) is 30.5 Å². The molecular weight excluding hydrogens is 206 g/mol. The lowest BCUT2D eigenvalue weighted by Gasteiger charge is -2.18. The first-order valence-electron chi connectivity index (χ1n) is 5.24. The van der Waals surface area contributed by atoms with Gasteiger partial charge in [-0.25, -0.2) is 0 Å². The Hall–Kier alpha value is -1.62. The maximum absolute atomic E-state index is 11.8. The molecule has 5 heteroatoms. The number of pyridine rings is 1. The topological polar surface area (TPSA) is 68.4 Å². The van der Waals surface area contributed by atoms with Gasteiger partial charge >= 0.3 is 0 Å². The molecule has 1 aliphatic rings. The molecule has 0 radical (unpaired) electrons. The Balaban J connectivity index is 2.27. The number of anilines is 1. The Kier molecular flexibility index (Phi) is 3.05. The van der Waals surface area contributed by atoms with Crippen LogP contribution in [0, 0.1) is 5.92 Å². The summed E-state index contributed by atoms with van der Waals surface area (Å²) in [7, 11) is 1.58. The fourth-order valence-corrected chi connectivity index (χ4v) is 1.92. The fourth-order valence-electron chi connectivity index (χ4n) is 1.92. The summed E-state index contributed by atoms with van der Waals surface area (Å²) >= 11 is 0. The highest BCUT2D eigenvalue weighted by molar-refractivity contribution is 5.96. The highest BCUT2D eigenvalue weighted by Gasteiger charge is 2.31. The first-order valence-corrected chi connectivity index (χ1v) is 5.24. The maximum Gasteiger partial charge on any atom is 0.227 e. The van der Waals surface area contributed by atoms with E-state index in [1.165, 1.54) is 0 Å². The minimum Gasteiger partial charge on any atom is -0.494 e. The quantitative estimate of drug-likeness (QED) is 0.802. The average Bonchev–Trinajstić information content (AvgIpc) is 2.70. The second-order valence-corrected chi connectivity index (χ2v) is 3.86. The van der Waals surface area contributed by atoms with E-state index < -0.39 is 0 Å². The molecule has 86 valence electrons. The zero-order valence-corrected chi connectivity index (χ0v) is 9.22. The number of ether oxygens (including phenoxy) is 1. The monoisotopic (exact) mass is 221 g/mol. The van der Waals surface area contributed by atoms with Crippen molar-refractivity contribution in [2.24, 2.45) is 11.7 Å². The van der Waals surface area contributed by atoms with Gasteiger partial charge in [-0.15, -0.1) is 0 Å². The molecule has 1 aliphatic heterocycles. The van der Waals surface area contributed by atoms with Crippen molar-refractivity contribution in [3.8, 4) is 5.75 Å². The van der Waals surface area contributed by atoms with Gasteiger partial charge in [-0.05, 0) is 12.5 Å². The molecule has 0 bridgehead atoms. The highest BCUT2D eigenvalue weighted by Crippen LogP contribution is 2.31. The smallest absolute Gasteiger partial charge is 0.227 e. The lowest BCUT2D eigenvalue weighted by Crippen LogP contribution is -2.26. The van der Waals surface area contributed by atoms with Crippen molar-refractivity contribution >= 4 is 11.6 Å². The maximum atomic E-state index is 11.8. The van der Waals surface area contributed by atoms with Crippen molar-refractivity contribution in [1.29, 1.82) is 0 Å². The van der Waals surface area contributed by atoms with E-state index in [1.807, 2.05) is 0 Å². The normalized spacial score (nSPS) is 20.2. The summed E-state index contributed by atoms with van der Waals surface area (Å²) in [5.41, 5.74) is 6.31. The Bertz CT molecular complexity index is 395. The summed E-state index contributed by atoms with van der Waals surface area (Å²) in [6, 6.07) is 1.75. The van der Waals surface area contributed by atoms with Gasteiger partial charge in [-0.1, -0.05) is 0 Å². The van der Waals surface area contributed by atoms with Crippen LogP contribution in [0.15, 0.2) is 18.5 Å². The van der Waals surface area contributed by atoms with Crippen molar-refractivity contribution in [1.82, 2.24) is 4.98 Å². The number of methoxy groups -OCH3 is 1. The van der Waals surface area contributed by atoms with Crippen molar-refractivity contribution in [3.05, 3.63) is 18.5 Å². The third-order valence-electron chi connectivity index (χ3n) is 2.81. The van der Waals surface area contributed by atoms with Gasteiger partial charge in [0, 0.05) is 25.2 Å². The second kappa shape index (κ2) is 4.49. The molecule has 1 atom stereocenters. The Morgan fingerprint density at radius 3 is 3.12 bits per heavy atom. The predicted molar refractivity (Wildman–Crippen MR) is 60.3 cm³/mol. The molecule has 2 N–H and O–H groups in total. The first kappa shape index (κ1) is 10.9. The molecule has 16 heavy (non-hydrogen) atoms. The van der Waals surface area contributed by atoms with Crippen LogP contribution in [0.25, 0.3) is 0 Å². The largest absolute Gasteiger partial charge is 0.494 e. The summed E-state index contributed by atoms with van der Waals surface area (Å²) in [6.07, 6.45) is 3.80. The highest BCUT2D eigenvalue weighted by atomic mass is 16.5. The van der Waals surface area contributed by atoms with E-state index >= 15 is 0 Å². The third-order valence-corrected chi connectivity index (χ3v) is 2.81. The molecule has 1 aromatic heterocycles. The van der Waals surface area contributed by atoms with Gasteiger partial charge in [0.15, 0.2) is 0 Å². The number of hydrogen-bond acceptors (Lipinski definition) is 4. The van der Waals surface area contributed by atoms with Gasteiger partial charge in [0.05, 0.1) is 13.3 Å². The van der Waals surface area contributed by atoms with Gasteiger partial charge in [0.2, 0.25) is 5.91 Å². The fraction of sp³-hybridized carbons (Fsp3) is 0.455. The number of nitrogens with two attached hydrogens (primary N) is 1. The number of carbonyl (C=O) groups excluding carboxylic acids is 1. The summed E-state index contributed by atoms with van der Waals surface area (Å²) in [5.74, 6) is 0.986. The standard InChI is InChI=1S/C11H15N3O2/c1-16-10-2-3-13-6-9(10)14-7-8(5-12)4-11(14)15/h2-3,6,8H,4-5,7,12H2,1H3. The van der Waals surface area contributed by atoms with E-state index in [4.69, 9.17) is 10.5 Å². The van der Waals surface area contributed by atoms with Crippen LogP contribution in [-0.2, 0) is 4.79 Å². The van der Waals surface area contributed by atoms with Gasteiger partial charge < -0.3 is 15.4 Å². The van der Waals surface area contributed by atoms with E-state index in [9.17, 15) is 4.79 Å². The molecule has 1 saturated heterocycles. The Labute approximate surface area is 94.2 Å². The van der Waals surface area contributed by atoms with Gasteiger partial charge in [-0.2, -0.15) is 0 Å². The van der Waals surface area contributed by atoms with E-state index in [-0.39, 0.29) is 11.8 Å². The molecule has 1 unspecified atom stereocenters. The van der Waals surface area contributed by atoms with Gasteiger partial charge in [-0.3, -0.25) is 9.78 Å². The summed E-state index contributed by atoms with van der Waals surface area (Å²) < 4.78 is 5.21. The lowest BCUT2D eigenvalue weighted by atomic mass is 10.1. The summed E-state index contributed by atoms with van der Waals surface area (Å²) in [4.78, 5) is 17.5. The van der Waals surface area contributed by atoms with Crippen LogP contribution in [-0.4, -0.2) is 31.1 Å². The first-order chi connectivity index (χ1) is 7.76. The van der Waals surface area contributed by atoms with Crippen LogP contribution in [0.1, 0.15) is 6.42 Å². The number of nitrogens with zero attached hydrogens (tertiary/aromatic N) is 2. The van der Waals surface area contributed by atoms with Gasteiger partial charge in [0.25, 0.3) is 0 Å². The molecule has 1 fully saturated rings. The Morgan fingerprint density at radius 1 is 1.69 bits per heavy atom. The summed E-state index contributed by atoms with van der Waals surface area (Å²) in [5, 5.41) is 0. The van der Waals surface area contributed by atoms with Crippen molar-refractivity contribution in [2.75, 3.05) is 25.1 Å². The third kappa shape index (κ3) is 1.86. The minimum absolute atomic E-state index is 0.0850. The molecule has 2 heterocycles. The lowest BCUT2D eigenvalue weighted by molar-refractivity contribution is -0.117. The Morgan fingerprint density at radius 2 is 2.50 bits per heavy atom. The zero-order chi connectivity index (χ0) is 11.5. The zero-order valence-electron chi connectivity index (χ0n) is 9.22. The molecule has 0 spiro atoms. The molecule has 0 saturated carbocycles. The van der Waals surface area contributed by atoms with Crippen LogP contribution in [0.2, 0.25) is 0 Å². The van der Waals surface area contributed by atoms with Crippen LogP contribution in [0.4, 0.5) is 5.69 Å². The van der Waals surface area contributed by atoms with E-state index in [0.717, 1.165) is 5.69 Å². The molecular formula is C11H15N3O2. The average molecular weight is 221 g/mol. The molecule has 1 aromatic rings. The molecule has 2 rings (SSSR count). The van der Waals surface area contributed by atoms with Crippen molar-refractivity contribution in [2.45, 2.75) is 6.42 Å². The number of carbonyl (C=O) groups is 1. The predicted octanol–water partition coefficient (Wildman–Crippen LogP) is 0.402. The minimum atomic E-state index is 0.0850. The van der Waals surface area contributed by atoms with Crippen LogP contribution < -0.4 is 15.4 Å². The molecule has 0 aliphatic carbocycles. The SMILES string of the molecule is COc1ccncc1N1CC(CN)CC1=O. The number of amides is 1. The van der Waals surface area contributed by atoms with Crippen LogP contribution >= 0.6 is 0 Å². The molecule has 5 nitrogen and oxygen atoms in total. The van der Waals surface area contributed by atoms with Gasteiger partial charge in [0.1, 0.15) is 11.4 Å². The van der Waals surface area contributed by atoms with Crippen LogP contribution in [0.5, 0.6) is 5.75 Å². The summed E-state index contributed by atoms with van der Waals surface area (Å²) in [6.45, 7) is 1.18. The van der Waals surface area contributed by atoms with Crippen LogP contribution in [0.3, 0.4) is 0 Å². The van der Waals surface area contributed by atoms with Crippen molar-refractivity contribution < 1.29 is 9.53 Å². The van der Waals surface area contributed by atoms with Crippen molar-refractivity contribution in [3.63, 3.8) is 0 Å². The molecule has 0 aromatic carbocycles. The number of aromatic nitrogens is 1.